The van der Waals surface area contributed by atoms with Crippen molar-refractivity contribution in [2.45, 2.75) is 12.8 Å². The highest BCUT2D eigenvalue weighted by Crippen LogP contribution is 2.34. The van der Waals surface area contributed by atoms with Gasteiger partial charge in [-0.2, -0.15) is 5.10 Å². The Hall–Kier alpha value is -2.08. The van der Waals surface area contributed by atoms with Crippen molar-refractivity contribution < 1.29 is 9.90 Å². The standard InChI is InChI=1S/C14H12BrN3O2/c15-13-11(5-6-12(19)20)17-18-14(13)9-7-16-10-4-2-1-3-8(9)10/h1-4,7,16H,5-6H2,(H,17,18)(H,19,20). The molecule has 0 atom stereocenters. The normalized spacial score (nSPS) is 11.1. The molecule has 0 bridgehead atoms. The van der Waals surface area contributed by atoms with E-state index in [4.69, 9.17) is 5.11 Å². The van der Waals surface area contributed by atoms with Crippen molar-refractivity contribution in [2.24, 2.45) is 0 Å². The molecule has 3 rings (SSSR count). The number of carboxylic acid groups (broad SMARTS) is 1. The molecule has 0 radical (unpaired) electrons. The molecule has 0 amide bonds. The zero-order valence-electron chi connectivity index (χ0n) is 10.5. The van der Waals surface area contributed by atoms with Crippen LogP contribution in [0.2, 0.25) is 0 Å². The summed E-state index contributed by atoms with van der Waals surface area (Å²) in [5, 5.41) is 17.0. The number of carboxylic acids is 1. The van der Waals surface area contributed by atoms with Crippen LogP contribution in [0, 0.1) is 0 Å². The summed E-state index contributed by atoms with van der Waals surface area (Å²) < 4.78 is 0.823. The third-order valence-corrected chi connectivity index (χ3v) is 4.06. The number of aromatic amines is 2. The SMILES string of the molecule is O=C(O)CCc1[nH]nc(-c2c[nH]c3ccccc23)c1Br. The Morgan fingerprint density at radius 2 is 2.15 bits per heavy atom. The number of aryl methyl sites for hydroxylation is 1. The summed E-state index contributed by atoms with van der Waals surface area (Å²) in [6.45, 7) is 0. The van der Waals surface area contributed by atoms with E-state index in [1.54, 1.807) is 0 Å². The Balaban J connectivity index is 2.00. The minimum Gasteiger partial charge on any atom is -0.481 e. The summed E-state index contributed by atoms with van der Waals surface area (Å²) in [5.41, 5.74) is 3.63. The molecule has 5 nitrogen and oxygen atoms in total. The van der Waals surface area contributed by atoms with E-state index in [0.717, 1.165) is 32.3 Å². The molecule has 2 aromatic heterocycles. The van der Waals surface area contributed by atoms with E-state index in [1.165, 1.54) is 0 Å². The van der Waals surface area contributed by atoms with Gasteiger partial charge in [-0.05, 0) is 22.0 Å². The van der Waals surface area contributed by atoms with Gasteiger partial charge in [0.15, 0.2) is 0 Å². The number of rotatable bonds is 4. The first-order valence-electron chi connectivity index (χ1n) is 6.18. The average Bonchev–Trinajstić information content (AvgIpc) is 3.00. The van der Waals surface area contributed by atoms with Gasteiger partial charge in [0.25, 0.3) is 0 Å². The van der Waals surface area contributed by atoms with Gasteiger partial charge in [-0.25, -0.2) is 0 Å². The molecule has 0 aliphatic carbocycles. The maximum Gasteiger partial charge on any atom is 0.303 e. The number of carbonyl (C=O) groups is 1. The molecular formula is C14H12BrN3O2. The third kappa shape index (κ3) is 2.22. The Morgan fingerprint density at radius 3 is 2.95 bits per heavy atom. The lowest BCUT2D eigenvalue weighted by Gasteiger charge is -1.97. The highest BCUT2D eigenvalue weighted by atomic mass is 79.9. The van der Waals surface area contributed by atoms with E-state index in [9.17, 15) is 4.79 Å². The Kier molecular flexibility index (Phi) is 3.31. The fourth-order valence-corrected chi connectivity index (χ4v) is 2.80. The van der Waals surface area contributed by atoms with Crippen LogP contribution in [0.3, 0.4) is 0 Å². The maximum atomic E-state index is 10.6. The van der Waals surface area contributed by atoms with Crippen LogP contribution in [0.1, 0.15) is 12.1 Å². The lowest BCUT2D eigenvalue weighted by molar-refractivity contribution is -0.136. The van der Waals surface area contributed by atoms with Gasteiger partial charge in [-0.1, -0.05) is 18.2 Å². The summed E-state index contributed by atoms with van der Waals surface area (Å²) in [7, 11) is 0. The quantitative estimate of drug-likeness (QED) is 0.684. The van der Waals surface area contributed by atoms with Crippen molar-refractivity contribution in [1.82, 2.24) is 15.2 Å². The Bertz CT molecular complexity index is 776. The molecule has 1 aromatic carbocycles. The van der Waals surface area contributed by atoms with Crippen LogP contribution in [0.15, 0.2) is 34.9 Å². The van der Waals surface area contributed by atoms with Gasteiger partial charge < -0.3 is 10.1 Å². The smallest absolute Gasteiger partial charge is 0.303 e. The monoisotopic (exact) mass is 333 g/mol. The predicted molar refractivity (Wildman–Crippen MR) is 79.5 cm³/mol. The summed E-state index contributed by atoms with van der Waals surface area (Å²) >= 11 is 3.51. The zero-order valence-corrected chi connectivity index (χ0v) is 12.1. The molecule has 0 spiro atoms. The first-order valence-corrected chi connectivity index (χ1v) is 6.97. The number of nitrogens with zero attached hydrogens (tertiary/aromatic N) is 1. The van der Waals surface area contributed by atoms with Crippen LogP contribution in [-0.2, 0) is 11.2 Å². The van der Waals surface area contributed by atoms with E-state index >= 15 is 0 Å². The summed E-state index contributed by atoms with van der Waals surface area (Å²) in [6.07, 6.45) is 2.41. The summed E-state index contributed by atoms with van der Waals surface area (Å²) in [5.74, 6) is -0.819. The van der Waals surface area contributed by atoms with Crippen LogP contribution in [0.5, 0.6) is 0 Å². The van der Waals surface area contributed by atoms with Crippen molar-refractivity contribution in [3.63, 3.8) is 0 Å². The molecular weight excluding hydrogens is 322 g/mol. The second-order valence-electron chi connectivity index (χ2n) is 4.51. The molecule has 20 heavy (non-hydrogen) atoms. The lowest BCUT2D eigenvalue weighted by Crippen LogP contribution is -1.98. The third-order valence-electron chi connectivity index (χ3n) is 3.21. The summed E-state index contributed by atoms with van der Waals surface area (Å²) in [6, 6.07) is 7.98. The van der Waals surface area contributed by atoms with Crippen molar-refractivity contribution in [3.8, 4) is 11.3 Å². The molecule has 102 valence electrons. The molecule has 2 heterocycles. The van der Waals surface area contributed by atoms with Crippen molar-refractivity contribution in [1.29, 1.82) is 0 Å². The molecule has 0 fully saturated rings. The van der Waals surface area contributed by atoms with E-state index in [2.05, 4.69) is 31.1 Å². The number of aromatic nitrogens is 3. The van der Waals surface area contributed by atoms with E-state index in [-0.39, 0.29) is 6.42 Å². The second-order valence-corrected chi connectivity index (χ2v) is 5.30. The fraction of sp³-hybridized carbons (Fsp3) is 0.143. The topological polar surface area (TPSA) is 81.8 Å². The molecule has 0 unspecified atom stereocenters. The largest absolute Gasteiger partial charge is 0.481 e. The van der Waals surface area contributed by atoms with Crippen LogP contribution in [0.4, 0.5) is 0 Å². The molecule has 3 N–H and O–H groups in total. The lowest BCUT2D eigenvalue weighted by atomic mass is 10.1. The number of aliphatic carboxylic acids is 1. The molecule has 0 aliphatic heterocycles. The minimum atomic E-state index is -0.819. The average molecular weight is 334 g/mol. The van der Waals surface area contributed by atoms with E-state index in [1.807, 2.05) is 30.5 Å². The van der Waals surface area contributed by atoms with Crippen LogP contribution in [0.25, 0.3) is 22.2 Å². The van der Waals surface area contributed by atoms with Crippen molar-refractivity contribution in [2.75, 3.05) is 0 Å². The van der Waals surface area contributed by atoms with Crippen LogP contribution < -0.4 is 0 Å². The number of halogens is 1. The number of nitrogens with one attached hydrogen (secondary N) is 2. The molecule has 0 saturated carbocycles. The highest BCUT2D eigenvalue weighted by Gasteiger charge is 2.16. The maximum absolute atomic E-state index is 10.6. The van der Waals surface area contributed by atoms with Crippen molar-refractivity contribution >= 4 is 32.8 Å². The fourth-order valence-electron chi connectivity index (χ4n) is 2.21. The molecule has 0 saturated heterocycles. The van der Waals surface area contributed by atoms with Gasteiger partial charge in [0, 0.05) is 29.1 Å². The highest BCUT2D eigenvalue weighted by molar-refractivity contribution is 9.10. The number of fused-ring (bicyclic) bond motifs is 1. The zero-order chi connectivity index (χ0) is 14.1. The minimum absolute atomic E-state index is 0.0775. The molecule has 0 aliphatic rings. The summed E-state index contributed by atoms with van der Waals surface area (Å²) in [4.78, 5) is 13.8. The van der Waals surface area contributed by atoms with Crippen LogP contribution in [-0.4, -0.2) is 26.3 Å². The Morgan fingerprint density at radius 1 is 1.35 bits per heavy atom. The van der Waals surface area contributed by atoms with Crippen molar-refractivity contribution in [3.05, 3.63) is 40.6 Å². The first kappa shape index (κ1) is 12.9. The van der Waals surface area contributed by atoms with Gasteiger partial charge in [-0.3, -0.25) is 9.89 Å². The van der Waals surface area contributed by atoms with E-state index < -0.39 is 5.97 Å². The number of benzene rings is 1. The van der Waals surface area contributed by atoms with Gasteiger partial charge >= 0.3 is 5.97 Å². The van der Waals surface area contributed by atoms with Gasteiger partial charge in [0.05, 0.1) is 16.6 Å². The van der Waals surface area contributed by atoms with Gasteiger partial charge in [0.2, 0.25) is 0 Å². The predicted octanol–water partition coefficient (Wildman–Crippen LogP) is 3.34. The molecule has 3 aromatic rings. The van der Waals surface area contributed by atoms with Crippen LogP contribution >= 0.6 is 15.9 Å². The molecule has 6 heteroatoms. The Labute approximate surface area is 123 Å². The second kappa shape index (κ2) is 5.13. The number of hydrogen-bond donors (Lipinski definition) is 3. The number of hydrogen-bond acceptors (Lipinski definition) is 2. The van der Waals surface area contributed by atoms with Gasteiger partial charge in [-0.15, -0.1) is 0 Å². The number of para-hydroxylation sites is 1. The first-order chi connectivity index (χ1) is 9.66. The number of H-pyrrole nitrogens is 2. The van der Waals surface area contributed by atoms with E-state index in [0.29, 0.717) is 6.42 Å². The van der Waals surface area contributed by atoms with Gasteiger partial charge in [0.1, 0.15) is 5.69 Å².